The van der Waals surface area contributed by atoms with E-state index in [2.05, 4.69) is 34.8 Å². The molecule has 0 N–H and O–H groups in total. The zero-order chi connectivity index (χ0) is 15.9. The second-order valence-electron chi connectivity index (χ2n) is 5.85. The molecule has 1 atom stereocenters. The van der Waals surface area contributed by atoms with Gasteiger partial charge < -0.3 is 9.64 Å². The third-order valence-electron chi connectivity index (χ3n) is 4.44. The van der Waals surface area contributed by atoms with Gasteiger partial charge in [-0.05, 0) is 32.6 Å². The van der Waals surface area contributed by atoms with Crippen molar-refractivity contribution in [3.8, 4) is 0 Å². The van der Waals surface area contributed by atoms with E-state index in [0.29, 0.717) is 19.1 Å². The van der Waals surface area contributed by atoms with Crippen LogP contribution in [-0.2, 0) is 9.53 Å². The summed E-state index contributed by atoms with van der Waals surface area (Å²) in [6.07, 6.45) is 5.71. The molecule has 0 aliphatic carbocycles. The molecule has 1 aliphatic rings. The molecule has 0 spiro atoms. The van der Waals surface area contributed by atoms with Gasteiger partial charge in [0.1, 0.15) is 12.1 Å². The van der Waals surface area contributed by atoms with Gasteiger partial charge in [0.2, 0.25) is 0 Å². The topological polar surface area (TPSA) is 55.3 Å². The first kappa shape index (κ1) is 16.7. The van der Waals surface area contributed by atoms with Crippen LogP contribution in [0.5, 0.6) is 0 Å². The number of carbonyl (C=O) groups is 1. The first-order valence-electron chi connectivity index (χ1n) is 8.43. The van der Waals surface area contributed by atoms with Crippen LogP contribution in [-0.4, -0.2) is 35.6 Å². The maximum Gasteiger partial charge on any atom is 0.310 e. The molecule has 0 radical (unpaired) electrons. The minimum absolute atomic E-state index is 0.0414. The number of hydrogen-bond donors (Lipinski definition) is 0. The first-order chi connectivity index (χ1) is 10.7. The Kier molecular flexibility index (Phi) is 6.16. The summed E-state index contributed by atoms with van der Waals surface area (Å²) >= 11 is 0. The summed E-state index contributed by atoms with van der Waals surface area (Å²) in [5.41, 5.74) is 1.10. The monoisotopic (exact) mass is 305 g/mol. The number of anilines is 1. The number of aromatic nitrogens is 2. The van der Waals surface area contributed by atoms with Crippen LogP contribution < -0.4 is 4.90 Å². The SMILES string of the molecule is CCOC(=O)C1CCCN(c2cc(C(CC)CC)ncn2)C1. The standard InChI is InChI=1S/C17H27N3O2/c1-4-13(5-2)15-10-16(19-12-18-15)20-9-7-8-14(11-20)17(21)22-6-3/h10,12-14H,4-9,11H2,1-3H3. The van der Waals surface area contributed by atoms with Crippen LogP contribution in [0.2, 0.25) is 0 Å². The fraction of sp³-hybridized carbons (Fsp3) is 0.706. The fourth-order valence-corrected chi connectivity index (χ4v) is 3.10. The molecule has 0 aromatic carbocycles. The van der Waals surface area contributed by atoms with Crippen molar-refractivity contribution >= 4 is 11.8 Å². The van der Waals surface area contributed by atoms with Crippen molar-refractivity contribution in [3.05, 3.63) is 18.1 Å². The van der Waals surface area contributed by atoms with Crippen molar-refractivity contribution in [1.82, 2.24) is 9.97 Å². The predicted molar refractivity (Wildman–Crippen MR) is 86.9 cm³/mol. The zero-order valence-electron chi connectivity index (χ0n) is 13.9. The van der Waals surface area contributed by atoms with Crippen molar-refractivity contribution in [1.29, 1.82) is 0 Å². The van der Waals surface area contributed by atoms with Crippen LogP contribution in [0.1, 0.15) is 58.1 Å². The molecule has 22 heavy (non-hydrogen) atoms. The molecule has 1 fully saturated rings. The molecule has 1 aromatic heterocycles. The Balaban J connectivity index is 2.10. The Labute approximate surface area is 133 Å². The van der Waals surface area contributed by atoms with Gasteiger partial charge in [0.05, 0.1) is 12.5 Å². The van der Waals surface area contributed by atoms with E-state index in [9.17, 15) is 4.79 Å². The molecule has 122 valence electrons. The quantitative estimate of drug-likeness (QED) is 0.756. The Morgan fingerprint density at radius 1 is 1.36 bits per heavy atom. The van der Waals surface area contributed by atoms with Crippen molar-refractivity contribution < 1.29 is 9.53 Å². The van der Waals surface area contributed by atoms with E-state index in [0.717, 1.165) is 43.7 Å². The van der Waals surface area contributed by atoms with Crippen LogP contribution in [0.3, 0.4) is 0 Å². The van der Waals surface area contributed by atoms with Gasteiger partial charge in [-0.3, -0.25) is 4.79 Å². The van der Waals surface area contributed by atoms with Gasteiger partial charge in [-0.2, -0.15) is 0 Å². The lowest BCUT2D eigenvalue weighted by atomic mass is 9.97. The number of hydrogen-bond acceptors (Lipinski definition) is 5. The summed E-state index contributed by atoms with van der Waals surface area (Å²) in [6.45, 7) is 8.31. The Morgan fingerprint density at radius 2 is 2.14 bits per heavy atom. The minimum Gasteiger partial charge on any atom is -0.466 e. The highest BCUT2D eigenvalue weighted by Crippen LogP contribution is 2.26. The molecule has 0 saturated carbocycles. The van der Waals surface area contributed by atoms with Crippen molar-refractivity contribution in [2.75, 3.05) is 24.6 Å². The molecule has 0 bridgehead atoms. The van der Waals surface area contributed by atoms with E-state index in [1.54, 1.807) is 6.33 Å². The molecule has 2 heterocycles. The van der Waals surface area contributed by atoms with Crippen LogP contribution in [0.25, 0.3) is 0 Å². The van der Waals surface area contributed by atoms with Gasteiger partial charge in [-0.1, -0.05) is 13.8 Å². The molecule has 5 nitrogen and oxygen atoms in total. The van der Waals surface area contributed by atoms with E-state index in [1.165, 1.54) is 0 Å². The molecular weight excluding hydrogens is 278 g/mol. The van der Waals surface area contributed by atoms with E-state index in [-0.39, 0.29) is 11.9 Å². The van der Waals surface area contributed by atoms with Gasteiger partial charge >= 0.3 is 5.97 Å². The van der Waals surface area contributed by atoms with Crippen LogP contribution >= 0.6 is 0 Å². The predicted octanol–water partition coefficient (Wildman–Crippen LogP) is 3.16. The Hall–Kier alpha value is -1.65. The maximum atomic E-state index is 12.0. The second-order valence-corrected chi connectivity index (χ2v) is 5.85. The fourth-order valence-electron chi connectivity index (χ4n) is 3.10. The van der Waals surface area contributed by atoms with Gasteiger partial charge in [0, 0.05) is 30.8 Å². The number of esters is 1. The number of rotatable bonds is 6. The number of nitrogens with zero attached hydrogens (tertiary/aromatic N) is 3. The third kappa shape index (κ3) is 3.96. The molecule has 1 unspecified atom stereocenters. The summed E-state index contributed by atoms with van der Waals surface area (Å²) in [4.78, 5) is 23.0. The van der Waals surface area contributed by atoms with Crippen molar-refractivity contribution in [3.63, 3.8) is 0 Å². The first-order valence-corrected chi connectivity index (χ1v) is 8.43. The highest BCUT2D eigenvalue weighted by Gasteiger charge is 2.27. The van der Waals surface area contributed by atoms with Crippen molar-refractivity contribution in [2.24, 2.45) is 5.92 Å². The summed E-state index contributed by atoms with van der Waals surface area (Å²) in [5, 5.41) is 0. The number of piperidine rings is 1. The van der Waals surface area contributed by atoms with Gasteiger partial charge in [-0.15, -0.1) is 0 Å². The van der Waals surface area contributed by atoms with Crippen LogP contribution in [0, 0.1) is 5.92 Å². The maximum absolute atomic E-state index is 12.0. The summed E-state index contributed by atoms with van der Waals surface area (Å²) in [7, 11) is 0. The average Bonchev–Trinajstić information content (AvgIpc) is 2.57. The summed E-state index contributed by atoms with van der Waals surface area (Å²) in [5.74, 6) is 1.29. The smallest absolute Gasteiger partial charge is 0.310 e. The molecule has 0 amide bonds. The molecule has 1 aliphatic heterocycles. The largest absolute Gasteiger partial charge is 0.466 e. The van der Waals surface area contributed by atoms with Crippen molar-refractivity contribution in [2.45, 2.75) is 52.4 Å². The molecule has 5 heteroatoms. The normalized spacial score (nSPS) is 18.5. The van der Waals surface area contributed by atoms with E-state index >= 15 is 0 Å². The zero-order valence-corrected chi connectivity index (χ0v) is 13.9. The van der Waals surface area contributed by atoms with Gasteiger partial charge in [0.15, 0.2) is 0 Å². The summed E-state index contributed by atoms with van der Waals surface area (Å²) < 4.78 is 5.16. The lowest BCUT2D eigenvalue weighted by molar-refractivity contribution is -0.148. The number of ether oxygens (including phenoxy) is 1. The molecule has 1 saturated heterocycles. The lowest BCUT2D eigenvalue weighted by Crippen LogP contribution is -2.40. The highest BCUT2D eigenvalue weighted by atomic mass is 16.5. The Bertz CT molecular complexity index is 489. The summed E-state index contributed by atoms with van der Waals surface area (Å²) in [6, 6.07) is 2.09. The van der Waals surface area contributed by atoms with Gasteiger partial charge in [-0.25, -0.2) is 9.97 Å². The van der Waals surface area contributed by atoms with E-state index in [1.807, 2.05) is 6.92 Å². The third-order valence-corrected chi connectivity index (χ3v) is 4.44. The lowest BCUT2D eigenvalue weighted by Gasteiger charge is -2.32. The van der Waals surface area contributed by atoms with E-state index < -0.39 is 0 Å². The highest BCUT2D eigenvalue weighted by molar-refractivity contribution is 5.73. The van der Waals surface area contributed by atoms with Gasteiger partial charge in [0.25, 0.3) is 0 Å². The average molecular weight is 305 g/mol. The van der Waals surface area contributed by atoms with E-state index in [4.69, 9.17) is 4.74 Å². The van der Waals surface area contributed by atoms with Crippen LogP contribution in [0.4, 0.5) is 5.82 Å². The Morgan fingerprint density at radius 3 is 2.82 bits per heavy atom. The second kappa shape index (κ2) is 8.11. The molecule has 2 rings (SSSR count). The molecular formula is C17H27N3O2. The van der Waals surface area contributed by atoms with Crippen LogP contribution in [0.15, 0.2) is 12.4 Å². The number of carbonyl (C=O) groups excluding carboxylic acids is 1. The minimum atomic E-state index is -0.0820. The molecule has 1 aromatic rings.